The predicted molar refractivity (Wildman–Crippen MR) is 110 cm³/mol. The Morgan fingerprint density at radius 3 is 2.70 bits per heavy atom. The molecule has 30 heavy (non-hydrogen) atoms. The lowest BCUT2D eigenvalue weighted by Gasteiger charge is -2.04. The van der Waals surface area contributed by atoms with Crippen molar-refractivity contribution in [1.29, 1.82) is 5.26 Å². The molecule has 0 saturated heterocycles. The van der Waals surface area contributed by atoms with Crippen LogP contribution in [-0.2, 0) is 27.4 Å². The second-order valence-electron chi connectivity index (χ2n) is 6.10. The summed E-state index contributed by atoms with van der Waals surface area (Å²) in [6.07, 6.45) is 4.31. The first-order valence-electron chi connectivity index (χ1n) is 8.80. The van der Waals surface area contributed by atoms with E-state index < -0.39 is 17.4 Å². The molecular weight excluding hydrogens is 406 g/mol. The molecule has 0 atom stereocenters. The number of rotatable bonds is 6. The van der Waals surface area contributed by atoms with E-state index in [0.29, 0.717) is 26.1 Å². The minimum atomic E-state index is -0.633. The van der Waals surface area contributed by atoms with Crippen molar-refractivity contribution in [3.05, 3.63) is 79.1 Å². The van der Waals surface area contributed by atoms with Crippen LogP contribution in [0.25, 0.3) is 12.2 Å². The van der Waals surface area contributed by atoms with Crippen LogP contribution in [0.2, 0.25) is 0 Å². The van der Waals surface area contributed by atoms with Gasteiger partial charge in [0.05, 0.1) is 42.2 Å². The molecule has 0 bridgehead atoms. The van der Waals surface area contributed by atoms with Crippen LogP contribution >= 0.6 is 11.3 Å². The van der Waals surface area contributed by atoms with Crippen LogP contribution in [0.1, 0.15) is 16.9 Å². The van der Waals surface area contributed by atoms with Crippen molar-refractivity contribution in [2.75, 3.05) is 7.11 Å². The Morgan fingerprint density at radius 1 is 1.30 bits per heavy atom. The van der Waals surface area contributed by atoms with E-state index in [9.17, 15) is 14.4 Å². The fourth-order valence-corrected chi connectivity index (χ4v) is 3.59. The summed E-state index contributed by atoms with van der Waals surface area (Å²) in [6.45, 7) is -0.0783. The van der Waals surface area contributed by atoms with Gasteiger partial charge < -0.3 is 14.5 Å². The highest BCUT2D eigenvalue weighted by Gasteiger charge is 2.11. The van der Waals surface area contributed by atoms with Gasteiger partial charge in [0.1, 0.15) is 17.0 Å². The van der Waals surface area contributed by atoms with Gasteiger partial charge in [-0.2, -0.15) is 5.26 Å². The molecule has 8 nitrogen and oxygen atoms in total. The number of esters is 1. The zero-order valence-corrected chi connectivity index (χ0v) is 16.8. The summed E-state index contributed by atoms with van der Waals surface area (Å²) in [6, 6.07) is 12.2. The lowest BCUT2D eigenvalue weighted by molar-refractivity contribution is -0.133. The molecule has 3 rings (SSSR count). The van der Waals surface area contributed by atoms with E-state index in [1.165, 1.54) is 24.0 Å². The first-order chi connectivity index (χ1) is 14.5. The summed E-state index contributed by atoms with van der Waals surface area (Å²) in [5.74, 6) is -0.459. The molecule has 0 radical (unpaired) electrons. The van der Waals surface area contributed by atoms with Crippen LogP contribution in [0.4, 0.5) is 0 Å². The van der Waals surface area contributed by atoms with Crippen molar-refractivity contribution in [3.63, 3.8) is 0 Å². The van der Waals surface area contributed by atoms with Gasteiger partial charge in [0.25, 0.3) is 5.56 Å². The largest absolute Gasteiger partial charge is 0.467 e. The average Bonchev–Trinajstić information content (AvgIpc) is 3.37. The van der Waals surface area contributed by atoms with Crippen LogP contribution < -0.4 is 20.1 Å². The number of amides is 1. The lowest BCUT2D eigenvalue weighted by Crippen LogP contribution is -2.38. The summed E-state index contributed by atoms with van der Waals surface area (Å²) < 4.78 is 11.7. The van der Waals surface area contributed by atoms with Crippen LogP contribution in [0.15, 0.2) is 51.9 Å². The van der Waals surface area contributed by atoms with E-state index >= 15 is 0 Å². The molecule has 0 aliphatic rings. The Kier molecular flexibility index (Phi) is 6.62. The van der Waals surface area contributed by atoms with Crippen LogP contribution in [0.3, 0.4) is 0 Å². The molecular formula is C21H17N3O5S. The third-order valence-corrected chi connectivity index (χ3v) is 5.12. The molecule has 1 amide bonds. The Hall–Kier alpha value is -3.90. The predicted octanol–water partition coefficient (Wildman–Crippen LogP) is 0.473. The molecule has 3 aromatic rings. The molecule has 152 valence electrons. The molecule has 0 spiro atoms. The van der Waals surface area contributed by atoms with Gasteiger partial charge in [-0.3, -0.25) is 14.2 Å². The number of ether oxygens (including phenoxy) is 1. The summed E-state index contributed by atoms with van der Waals surface area (Å²) >= 11 is 1.07. The number of methoxy groups -OCH3 is 1. The van der Waals surface area contributed by atoms with Crippen molar-refractivity contribution < 1.29 is 18.7 Å². The number of hydrogen-bond donors (Lipinski definition) is 1. The average molecular weight is 423 g/mol. The number of carbonyl (C=O) groups excluding carboxylic acids is 2. The maximum absolute atomic E-state index is 12.9. The summed E-state index contributed by atoms with van der Waals surface area (Å²) in [4.78, 5) is 36.9. The van der Waals surface area contributed by atoms with E-state index in [1.807, 2.05) is 6.07 Å². The number of nitrogens with one attached hydrogen (secondary N) is 1. The summed E-state index contributed by atoms with van der Waals surface area (Å²) in [7, 11) is 1.23. The lowest BCUT2D eigenvalue weighted by atomic mass is 10.1. The van der Waals surface area contributed by atoms with Crippen molar-refractivity contribution in [2.45, 2.75) is 13.1 Å². The Bertz CT molecular complexity index is 1260. The van der Waals surface area contributed by atoms with Gasteiger partial charge in [0.15, 0.2) is 0 Å². The first-order valence-corrected chi connectivity index (χ1v) is 9.62. The Morgan fingerprint density at radius 2 is 2.07 bits per heavy atom. The molecule has 2 heterocycles. The van der Waals surface area contributed by atoms with Gasteiger partial charge in [-0.05, 0) is 35.9 Å². The Balaban J connectivity index is 1.94. The van der Waals surface area contributed by atoms with Crippen LogP contribution in [0.5, 0.6) is 0 Å². The van der Waals surface area contributed by atoms with Gasteiger partial charge >= 0.3 is 5.97 Å². The number of hydrogen-bond acceptors (Lipinski definition) is 7. The summed E-state index contributed by atoms with van der Waals surface area (Å²) in [5, 5.41) is 11.6. The van der Waals surface area contributed by atoms with E-state index in [4.69, 9.17) is 9.68 Å². The fourth-order valence-electron chi connectivity index (χ4n) is 2.56. The highest BCUT2D eigenvalue weighted by molar-refractivity contribution is 7.07. The maximum atomic E-state index is 12.9. The molecule has 1 aromatic carbocycles. The van der Waals surface area contributed by atoms with Gasteiger partial charge in [-0.25, -0.2) is 4.79 Å². The molecule has 0 saturated carbocycles. The zero-order valence-electron chi connectivity index (χ0n) is 16.0. The molecule has 0 unspecified atom stereocenters. The van der Waals surface area contributed by atoms with Gasteiger partial charge in [-0.15, -0.1) is 11.3 Å². The highest BCUT2D eigenvalue weighted by atomic mass is 32.1. The van der Waals surface area contributed by atoms with Gasteiger partial charge in [0, 0.05) is 0 Å². The molecule has 0 aliphatic heterocycles. The molecule has 0 fully saturated rings. The third kappa shape index (κ3) is 5.12. The number of aromatic nitrogens is 1. The second-order valence-corrected chi connectivity index (χ2v) is 7.16. The van der Waals surface area contributed by atoms with Gasteiger partial charge in [-0.1, -0.05) is 12.1 Å². The van der Waals surface area contributed by atoms with Gasteiger partial charge in [0.2, 0.25) is 5.91 Å². The van der Waals surface area contributed by atoms with Crippen LogP contribution in [-0.4, -0.2) is 23.6 Å². The topological polar surface area (TPSA) is 114 Å². The fraction of sp³-hybridized carbons (Fsp3) is 0.143. The quantitative estimate of drug-likeness (QED) is 0.577. The van der Waals surface area contributed by atoms with Crippen molar-refractivity contribution in [2.24, 2.45) is 0 Å². The number of benzene rings is 1. The minimum Gasteiger partial charge on any atom is -0.467 e. The monoisotopic (exact) mass is 423 g/mol. The standard InChI is InChI=1S/C21H17N3O5S/c1-28-20(26)10-19-24(13-18(25)23-12-16-3-2-8-29-16)21(27)17(30-19)9-14-4-6-15(11-22)7-5-14/h2-10H,12-13H2,1H3,(H,23,25)/b17-9+,19-10-. The molecule has 1 N–H and O–H groups in total. The maximum Gasteiger partial charge on any atom is 0.333 e. The molecule has 9 heteroatoms. The number of nitrogens with zero attached hydrogens (tertiary/aromatic N) is 2. The SMILES string of the molecule is COC(=O)/C=c1\s/c(=C/c2ccc(C#N)cc2)c(=O)n1CC(=O)NCc1ccco1. The van der Waals surface area contributed by atoms with Crippen LogP contribution in [0, 0.1) is 11.3 Å². The van der Waals surface area contributed by atoms with E-state index in [1.54, 1.807) is 42.5 Å². The van der Waals surface area contributed by atoms with E-state index in [0.717, 1.165) is 11.3 Å². The number of carbonyl (C=O) groups is 2. The molecule has 0 aliphatic carbocycles. The Labute approximate surface area is 174 Å². The highest BCUT2D eigenvalue weighted by Crippen LogP contribution is 2.03. The molecule has 2 aromatic heterocycles. The smallest absolute Gasteiger partial charge is 0.333 e. The van der Waals surface area contributed by atoms with Crippen molar-refractivity contribution in [3.8, 4) is 6.07 Å². The third-order valence-electron chi connectivity index (χ3n) is 4.06. The first kappa shape index (κ1) is 20.8. The van der Waals surface area contributed by atoms with Crippen molar-refractivity contribution >= 4 is 35.4 Å². The van der Waals surface area contributed by atoms with E-state index in [2.05, 4.69) is 10.1 Å². The normalized spacial score (nSPS) is 11.9. The summed E-state index contributed by atoms with van der Waals surface area (Å²) in [5.41, 5.74) is 0.808. The second kappa shape index (κ2) is 9.54. The number of nitriles is 1. The minimum absolute atomic E-state index is 0.186. The number of furan rings is 1. The van der Waals surface area contributed by atoms with Crippen molar-refractivity contribution in [1.82, 2.24) is 9.88 Å². The zero-order chi connectivity index (χ0) is 21.5. The van der Waals surface area contributed by atoms with E-state index in [-0.39, 0.29) is 13.1 Å². The number of thiazole rings is 1.